The third-order valence-electron chi connectivity index (χ3n) is 5.44. The van der Waals surface area contributed by atoms with Crippen LogP contribution >= 0.6 is 0 Å². The molecule has 2 N–H and O–H groups in total. The summed E-state index contributed by atoms with van der Waals surface area (Å²) in [7, 11) is 4.32. The molecule has 1 heterocycles. The highest BCUT2D eigenvalue weighted by molar-refractivity contribution is 5.72. The monoisotopic (exact) mass is 287 g/mol. The first-order valence-corrected chi connectivity index (χ1v) is 7.84. The molecule has 1 fully saturated rings. The van der Waals surface area contributed by atoms with E-state index in [1.165, 1.54) is 24.0 Å². The average molecular weight is 287 g/mol. The summed E-state index contributed by atoms with van der Waals surface area (Å²) in [5, 5.41) is 0. The molecule has 1 aliphatic carbocycles. The fraction of sp³-hybridized carbons (Fsp3) is 0.588. The van der Waals surface area contributed by atoms with Gasteiger partial charge in [0.25, 0.3) is 0 Å². The SMILES string of the molecule is CN(C)[C@@H]1CCC2(CCN(C(N)=O)CC2)c2ccccc21. The highest BCUT2D eigenvalue weighted by Crippen LogP contribution is 2.48. The number of hydrogen-bond donors (Lipinski definition) is 1. The second-order valence-electron chi connectivity index (χ2n) is 6.71. The third-order valence-corrected chi connectivity index (χ3v) is 5.44. The molecular formula is C17H25N3O. The molecule has 1 saturated heterocycles. The number of urea groups is 1. The van der Waals surface area contributed by atoms with Gasteiger partial charge in [-0.25, -0.2) is 4.79 Å². The summed E-state index contributed by atoms with van der Waals surface area (Å²) >= 11 is 0. The predicted octanol–water partition coefficient (Wildman–Crippen LogP) is 2.50. The number of primary amides is 1. The molecule has 1 aliphatic heterocycles. The molecule has 4 heteroatoms. The molecule has 4 nitrogen and oxygen atoms in total. The minimum Gasteiger partial charge on any atom is -0.351 e. The van der Waals surface area contributed by atoms with Gasteiger partial charge in [-0.3, -0.25) is 0 Å². The van der Waals surface area contributed by atoms with Gasteiger partial charge in [-0.2, -0.15) is 0 Å². The van der Waals surface area contributed by atoms with Crippen LogP contribution in [0, 0.1) is 0 Å². The molecule has 2 aliphatic rings. The summed E-state index contributed by atoms with van der Waals surface area (Å²) in [5.74, 6) is 0. The summed E-state index contributed by atoms with van der Waals surface area (Å²) < 4.78 is 0. The van der Waals surface area contributed by atoms with Crippen molar-refractivity contribution in [1.29, 1.82) is 0 Å². The minimum atomic E-state index is -0.278. The van der Waals surface area contributed by atoms with E-state index in [1.54, 1.807) is 4.90 Å². The zero-order valence-electron chi connectivity index (χ0n) is 13.0. The molecule has 3 rings (SSSR count). The zero-order chi connectivity index (χ0) is 15.0. The van der Waals surface area contributed by atoms with Gasteiger partial charge in [-0.15, -0.1) is 0 Å². The van der Waals surface area contributed by atoms with Crippen LogP contribution in [0.3, 0.4) is 0 Å². The number of nitrogens with two attached hydrogens (primary N) is 1. The van der Waals surface area contributed by atoms with Crippen molar-refractivity contribution in [3.8, 4) is 0 Å². The summed E-state index contributed by atoms with van der Waals surface area (Å²) in [6.07, 6.45) is 4.47. The number of piperidine rings is 1. The molecule has 0 radical (unpaired) electrons. The molecule has 0 aromatic heterocycles. The van der Waals surface area contributed by atoms with Crippen molar-refractivity contribution < 1.29 is 4.79 Å². The number of carbonyl (C=O) groups is 1. The van der Waals surface area contributed by atoms with Crippen LogP contribution in [0.25, 0.3) is 0 Å². The molecule has 0 saturated carbocycles. The molecule has 1 aromatic carbocycles. The van der Waals surface area contributed by atoms with Crippen molar-refractivity contribution in [2.24, 2.45) is 5.73 Å². The van der Waals surface area contributed by atoms with Crippen LogP contribution in [-0.4, -0.2) is 43.0 Å². The molecule has 114 valence electrons. The van der Waals surface area contributed by atoms with E-state index in [2.05, 4.69) is 43.3 Å². The topological polar surface area (TPSA) is 49.6 Å². The number of amides is 2. The van der Waals surface area contributed by atoms with E-state index in [1.807, 2.05) is 0 Å². The van der Waals surface area contributed by atoms with Crippen LogP contribution in [0.5, 0.6) is 0 Å². The fourth-order valence-electron chi connectivity index (χ4n) is 4.18. The maximum Gasteiger partial charge on any atom is 0.314 e. The Labute approximate surface area is 126 Å². The van der Waals surface area contributed by atoms with Crippen molar-refractivity contribution in [3.05, 3.63) is 35.4 Å². The quantitative estimate of drug-likeness (QED) is 0.862. The highest BCUT2D eigenvalue weighted by Gasteiger charge is 2.42. The van der Waals surface area contributed by atoms with Crippen molar-refractivity contribution in [2.75, 3.05) is 27.2 Å². The van der Waals surface area contributed by atoms with Crippen LogP contribution in [0.2, 0.25) is 0 Å². The van der Waals surface area contributed by atoms with Crippen molar-refractivity contribution >= 4 is 6.03 Å². The molecule has 0 bridgehead atoms. The molecule has 21 heavy (non-hydrogen) atoms. The zero-order valence-corrected chi connectivity index (χ0v) is 13.0. The predicted molar refractivity (Wildman–Crippen MR) is 84.2 cm³/mol. The van der Waals surface area contributed by atoms with E-state index in [-0.39, 0.29) is 11.4 Å². The van der Waals surface area contributed by atoms with Gasteiger partial charge in [0, 0.05) is 19.1 Å². The Kier molecular flexibility index (Phi) is 3.66. The van der Waals surface area contributed by atoms with Crippen molar-refractivity contribution in [3.63, 3.8) is 0 Å². The second-order valence-corrected chi connectivity index (χ2v) is 6.71. The first-order chi connectivity index (χ1) is 10.0. The Morgan fingerprint density at radius 2 is 1.90 bits per heavy atom. The normalized spacial score (nSPS) is 24.1. The molecule has 0 unspecified atom stereocenters. The summed E-state index contributed by atoms with van der Waals surface area (Å²) in [4.78, 5) is 15.5. The summed E-state index contributed by atoms with van der Waals surface area (Å²) in [6.45, 7) is 1.58. The lowest BCUT2D eigenvalue weighted by Gasteiger charge is -2.48. The lowest BCUT2D eigenvalue weighted by atomic mass is 9.63. The Morgan fingerprint density at radius 3 is 2.52 bits per heavy atom. The first kappa shape index (κ1) is 14.4. The maximum absolute atomic E-state index is 11.4. The third kappa shape index (κ3) is 2.42. The van der Waals surface area contributed by atoms with E-state index in [9.17, 15) is 4.79 Å². The standard InChI is InChI=1S/C17H25N3O/c1-19(2)15-7-8-17(14-6-4-3-5-13(14)15)9-11-20(12-10-17)16(18)21/h3-6,15H,7-12H2,1-2H3,(H2,18,21)/t15-/m1/s1. The van der Waals surface area contributed by atoms with Crippen molar-refractivity contribution in [1.82, 2.24) is 9.80 Å². The lowest BCUT2D eigenvalue weighted by molar-refractivity contribution is 0.139. The van der Waals surface area contributed by atoms with Crippen LogP contribution in [0.15, 0.2) is 24.3 Å². The van der Waals surface area contributed by atoms with Crippen LogP contribution < -0.4 is 5.73 Å². The number of rotatable bonds is 1. The van der Waals surface area contributed by atoms with Crippen LogP contribution in [-0.2, 0) is 5.41 Å². The summed E-state index contributed by atoms with van der Waals surface area (Å²) in [6, 6.07) is 9.11. The Balaban J connectivity index is 1.92. The average Bonchev–Trinajstić information content (AvgIpc) is 2.48. The van der Waals surface area contributed by atoms with E-state index >= 15 is 0 Å². The molecular weight excluding hydrogens is 262 g/mol. The number of benzene rings is 1. The molecule has 1 atom stereocenters. The van der Waals surface area contributed by atoms with Gasteiger partial charge in [0.15, 0.2) is 0 Å². The number of fused-ring (bicyclic) bond motifs is 2. The van der Waals surface area contributed by atoms with Crippen molar-refractivity contribution in [2.45, 2.75) is 37.1 Å². The van der Waals surface area contributed by atoms with Crippen LogP contribution in [0.4, 0.5) is 4.79 Å². The Bertz CT molecular complexity index is 533. The lowest BCUT2D eigenvalue weighted by Crippen LogP contribution is -2.49. The minimum absolute atomic E-state index is 0.245. The fourth-order valence-corrected chi connectivity index (χ4v) is 4.18. The molecule has 1 spiro atoms. The molecule has 1 aromatic rings. The number of carbonyl (C=O) groups excluding carboxylic acids is 1. The maximum atomic E-state index is 11.4. The Hall–Kier alpha value is -1.55. The van der Waals surface area contributed by atoms with Gasteiger partial charge in [0.05, 0.1) is 0 Å². The molecule has 2 amide bonds. The number of hydrogen-bond acceptors (Lipinski definition) is 2. The largest absolute Gasteiger partial charge is 0.351 e. The number of nitrogens with zero attached hydrogens (tertiary/aromatic N) is 2. The van der Waals surface area contributed by atoms with E-state index in [0.29, 0.717) is 6.04 Å². The van der Waals surface area contributed by atoms with E-state index < -0.39 is 0 Å². The van der Waals surface area contributed by atoms with Gasteiger partial charge in [-0.1, -0.05) is 24.3 Å². The van der Waals surface area contributed by atoms with Gasteiger partial charge >= 0.3 is 6.03 Å². The van der Waals surface area contributed by atoms with E-state index in [4.69, 9.17) is 5.73 Å². The van der Waals surface area contributed by atoms with Gasteiger partial charge < -0.3 is 15.5 Å². The highest BCUT2D eigenvalue weighted by atomic mass is 16.2. The van der Waals surface area contributed by atoms with Gasteiger partial charge in [0.1, 0.15) is 0 Å². The summed E-state index contributed by atoms with van der Waals surface area (Å²) in [5.41, 5.74) is 8.64. The van der Waals surface area contributed by atoms with Gasteiger partial charge in [-0.05, 0) is 56.3 Å². The second kappa shape index (κ2) is 5.34. The van der Waals surface area contributed by atoms with E-state index in [0.717, 1.165) is 25.9 Å². The van der Waals surface area contributed by atoms with Crippen LogP contribution in [0.1, 0.15) is 42.9 Å². The smallest absolute Gasteiger partial charge is 0.314 e. The number of likely N-dealkylation sites (tertiary alicyclic amines) is 1. The Morgan fingerprint density at radius 1 is 1.24 bits per heavy atom. The van der Waals surface area contributed by atoms with Gasteiger partial charge in [0.2, 0.25) is 0 Å². The first-order valence-electron chi connectivity index (χ1n) is 7.84.